The van der Waals surface area contributed by atoms with Crippen LogP contribution in [0.1, 0.15) is 41.0 Å². The molecule has 2 N–H and O–H groups in total. The molecule has 0 fully saturated rings. The molecule has 0 spiro atoms. The average molecular weight is 244 g/mol. The van der Waals surface area contributed by atoms with Gasteiger partial charge >= 0.3 is 5.97 Å². The van der Waals surface area contributed by atoms with Crippen LogP contribution in [-0.4, -0.2) is 46.6 Å². The fraction of sp³-hybridized carbons (Fsp3) is 0.833. The van der Waals surface area contributed by atoms with Gasteiger partial charge in [0.05, 0.1) is 6.04 Å². The maximum atomic E-state index is 11.9. The molecule has 0 aromatic carbocycles. The van der Waals surface area contributed by atoms with Crippen LogP contribution in [0.3, 0.4) is 0 Å². The van der Waals surface area contributed by atoms with Crippen molar-refractivity contribution in [3.05, 3.63) is 0 Å². The Balaban J connectivity index is 4.65. The summed E-state index contributed by atoms with van der Waals surface area (Å²) in [5.41, 5.74) is -1.06. The summed E-state index contributed by atoms with van der Waals surface area (Å²) in [5, 5.41) is 11.9. The molecular formula is C12H24N2O3. The number of hydrogen-bond acceptors (Lipinski definition) is 3. The number of carboxylic acid groups (broad SMARTS) is 1. The van der Waals surface area contributed by atoms with E-state index in [0.717, 1.165) is 6.42 Å². The van der Waals surface area contributed by atoms with Crippen LogP contribution in [0, 0.1) is 0 Å². The SMILES string of the molecule is CCC(C)NC(=O)C(C)N(C)C(C)(C)C(=O)O. The summed E-state index contributed by atoms with van der Waals surface area (Å²) in [6, 6.07) is -0.374. The van der Waals surface area contributed by atoms with Crippen LogP contribution < -0.4 is 5.32 Å². The van der Waals surface area contributed by atoms with E-state index in [-0.39, 0.29) is 11.9 Å². The molecule has 17 heavy (non-hydrogen) atoms. The third kappa shape index (κ3) is 4.00. The zero-order chi connectivity index (χ0) is 13.8. The monoisotopic (exact) mass is 244 g/mol. The molecule has 5 nitrogen and oxygen atoms in total. The molecule has 0 aliphatic heterocycles. The highest BCUT2D eigenvalue weighted by Crippen LogP contribution is 2.16. The number of aliphatic carboxylic acids is 1. The molecule has 0 aromatic rings. The quantitative estimate of drug-likeness (QED) is 0.733. The fourth-order valence-electron chi connectivity index (χ4n) is 1.28. The Kier molecular flexibility index (Phi) is 5.61. The maximum Gasteiger partial charge on any atom is 0.323 e. The van der Waals surface area contributed by atoms with Crippen molar-refractivity contribution in [3.63, 3.8) is 0 Å². The van der Waals surface area contributed by atoms with Crippen molar-refractivity contribution in [2.45, 2.75) is 58.7 Å². The average Bonchev–Trinajstić information content (AvgIpc) is 2.26. The van der Waals surface area contributed by atoms with Crippen LogP contribution >= 0.6 is 0 Å². The molecule has 0 saturated heterocycles. The van der Waals surface area contributed by atoms with Crippen molar-refractivity contribution >= 4 is 11.9 Å². The molecule has 0 radical (unpaired) electrons. The molecule has 5 heteroatoms. The second-order valence-corrected chi connectivity index (χ2v) is 4.97. The van der Waals surface area contributed by atoms with Gasteiger partial charge in [0, 0.05) is 6.04 Å². The lowest BCUT2D eigenvalue weighted by Crippen LogP contribution is -2.56. The Morgan fingerprint density at radius 3 is 2.18 bits per heavy atom. The van der Waals surface area contributed by atoms with E-state index in [4.69, 9.17) is 5.11 Å². The topological polar surface area (TPSA) is 69.6 Å². The number of carbonyl (C=O) groups excluding carboxylic acids is 1. The number of likely N-dealkylation sites (N-methyl/N-ethyl adjacent to an activating group) is 1. The van der Waals surface area contributed by atoms with Crippen molar-refractivity contribution in [1.29, 1.82) is 0 Å². The number of amides is 1. The molecule has 0 saturated carbocycles. The summed E-state index contributed by atoms with van der Waals surface area (Å²) in [7, 11) is 1.65. The van der Waals surface area contributed by atoms with E-state index in [9.17, 15) is 9.59 Å². The van der Waals surface area contributed by atoms with E-state index in [1.54, 1.807) is 32.7 Å². The molecule has 0 bridgehead atoms. The highest BCUT2D eigenvalue weighted by Gasteiger charge is 2.37. The zero-order valence-electron chi connectivity index (χ0n) is 11.6. The van der Waals surface area contributed by atoms with Gasteiger partial charge in [-0.05, 0) is 41.2 Å². The van der Waals surface area contributed by atoms with E-state index in [2.05, 4.69) is 5.32 Å². The maximum absolute atomic E-state index is 11.9. The van der Waals surface area contributed by atoms with Crippen molar-refractivity contribution in [2.24, 2.45) is 0 Å². The first-order chi connectivity index (χ1) is 7.64. The normalized spacial score (nSPS) is 15.5. The predicted molar refractivity (Wildman–Crippen MR) is 66.8 cm³/mol. The first-order valence-electron chi connectivity index (χ1n) is 5.91. The van der Waals surface area contributed by atoms with Crippen LogP contribution in [-0.2, 0) is 9.59 Å². The van der Waals surface area contributed by atoms with Gasteiger partial charge in [0.1, 0.15) is 5.54 Å². The van der Waals surface area contributed by atoms with Gasteiger partial charge in [0.2, 0.25) is 5.91 Å². The van der Waals surface area contributed by atoms with E-state index in [1.807, 2.05) is 13.8 Å². The molecule has 0 aliphatic rings. The largest absolute Gasteiger partial charge is 0.480 e. The molecule has 2 atom stereocenters. The van der Waals surface area contributed by atoms with E-state index in [0.29, 0.717) is 0 Å². The first kappa shape index (κ1) is 15.9. The molecule has 2 unspecified atom stereocenters. The molecular weight excluding hydrogens is 220 g/mol. The minimum absolute atomic E-state index is 0.103. The first-order valence-corrected chi connectivity index (χ1v) is 5.91. The number of nitrogens with one attached hydrogen (secondary N) is 1. The Hall–Kier alpha value is -1.10. The summed E-state index contributed by atoms with van der Waals surface area (Å²) < 4.78 is 0. The van der Waals surface area contributed by atoms with Crippen molar-refractivity contribution < 1.29 is 14.7 Å². The molecule has 0 aromatic heterocycles. The van der Waals surface area contributed by atoms with Crippen LogP contribution in [0.4, 0.5) is 0 Å². The summed E-state index contributed by atoms with van der Waals surface area (Å²) >= 11 is 0. The predicted octanol–water partition coefficient (Wildman–Crippen LogP) is 1.08. The lowest BCUT2D eigenvalue weighted by Gasteiger charge is -2.35. The molecule has 0 rings (SSSR count). The number of rotatable bonds is 6. The van der Waals surface area contributed by atoms with Crippen molar-refractivity contribution in [2.75, 3.05) is 7.05 Å². The van der Waals surface area contributed by atoms with E-state index >= 15 is 0 Å². The highest BCUT2D eigenvalue weighted by molar-refractivity contribution is 5.84. The number of hydrogen-bond donors (Lipinski definition) is 2. The van der Waals surface area contributed by atoms with Gasteiger partial charge in [0.25, 0.3) is 0 Å². The van der Waals surface area contributed by atoms with Crippen molar-refractivity contribution in [1.82, 2.24) is 10.2 Å². The van der Waals surface area contributed by atoms with Gasteiger partial charge in [-0.2, -0.15) is 0 Å². The van der Waals surface area contributed by atoms with Gasteiger partial charge in [0.15, 0.2) is 0 Å². The fourth-order valence-corrected chi connectivity index (χ4v) is 1.28. The minimum atomic E-state index is -1.06. The third-order valence-corrected chi connectivity index (χ3v) is 3.37. The number of carboxylic acids is 1. The summed E-state index contributed by atoms with van der Waals surface area (Å²) in [5.74, 6) is -1.08. The van der Waals surface area contributed by atoms with Gasteiger partial charge < -0.3 is 10.4 Å². The number of nitrogens with zero attached hydrogens (tertiary/aromatic N) is 1. The van der Waals surface area contributed by atoms with Crippen LogP contribution in [0.2, 0.25) is 0 Å². The molecule has 0 heterocycles. The van der Waals surface area contributed by atoms with Gasteiger partial charge in [-0.15, -0.1) is 0 Å². The highest BCUT2D eigenvalue weighted by atomic mass is 16.4. The van der Waals surface area contributed by atoms with Gasteiger partial charge in [-0.25, -0.2) is 0 Å². The van der Waals surface area contributed by atoms with Gasteiger partial charge in [-0.3, -0.25) is 14.5 Å². The van der Waals surface area contributed by atoms with E-state index in [1.165, 1.54) is 0 Å². The molecule has 100 valence electrons. The van der Waals surface area contributed by atoms with E-state index < -0.39 is 17.6 Å². The Labute approximate surface area is 103 Å². The van der Waals surface area contributed by atoms with Crippen LogP contribution in [0.15, 0.2) is 0 Å². The summed E-state index contributed by atoms with van der Waals surface area (Å²) in [6.07, 6.45) is 0.852. The second-order valence-electron chi connectivity index (χ2n) is 4.97. The van der Waals surface area contributed by atoms with Crippen LogP contribution in [0.25, 0.3) is 0 Å². The minimum Gasteiger partial charge on any atom is -0.480 e. The lowest BCUT2D eigenvalue weighted by atomic mass is 10.0. The van der Waals surface area contributed by atoms with Gasteiger partial charge in [-0.1, -0.05) is 6.92 Å². The zero-order valence-corrected chi connectivity index (χ0v) is 11.6. The van der Waals surface area contributed by atoms with Crippen molar-refractivity contribution in [3.8, 4) is 0 Å². The van der Waals surface area contributed by atoms with Crippen LogP contribution in [0.5, 0.6) is 0 Å². The lowest BCUT2D eigenvalue weighted by molar-refractivity contribution is -0.151. The Morgan fingerprint density at radius 1 is 1.35 bits per heavy atom. The molecule has 1 amide bonds. The number of carbonyl (C=O) groups is 2. The molecule has 0 aliphatic carbocycles. The smallest absolute Gasteiger partial charge is 0.323 e. The summed E-state index contributed by atoms with van der Waals surface area (Å²) in [4.78, 5) is 24.5. The standard InChI is InChI=1S/C12H24N2O3/c1-7-8(2)13-10(15)9(3)14(6)12(4,5)11(16)17/h8-9H,7H2,1-6H3,(H,13,15)(H,16,17). The summed E-state index contributed by atoms with van der Waals surface area (Å²) in [6.45, 7) is 8.79. The second kappa shape index (κ2) is 6.00. The Morgan fingerprint density at radius 2 is 1.82 bits per heavy atom. The third-order valence-electron chi connectivity index (χ3n) is 3.37. The Bertz CT molecular complexity index is 289.